The first-order valence-electron chi connectivity index (χ1n) is 5.92. The lowest BCUT2D eigenvalue weighted by atomic mass is 10.0. The minimum Gasteiger partial charge on any atom is -0.330 e. The Kier molecular flexibility index (Phi) is 3.42. The molecule has 1 atom stereocenters. The molecule has 0 amide bonds. The first-order valence-corrected chi connectivity index (χ1v) is 5.92. The van der Waals surface area contributed by atoms with Crippen LogP contribution in [0.15, 0.2) is 0 Å². The SMILES string of the molecule is CN1CC(N2CCCC(CN)CC2)C1. The van der Waals surface area contributed by atoms with Crippen LogP contribution >= 0.6 is 0 Å². The van der Waals surface area contributed by atoms with E-state index >= 15 is 0 Å². The van der Waals surface area contributed by atoms with Crippen LogP contribution in [0.2, 0.25) is 0 Å². The van der Waals surface area contributed by atoms with Crippen molar-refractivity contribution in [2.75, 3.05) is 39.8 Å². The van der Waals surface area contributed by atoms with Gasteiger partial charge in [-0.1, -0.05) is 0 Å². The quantitative estimate of drug-likeness (QED) is 0.694. The van der Waals surface area contributed by atoms with E-state index < -0.39 is 0 Å². The molecule has 0 aliphatic carbocycles. The van der Waals surface area contributed by atoms with Crippen molar-refractivity contribution >= 4 is 0 Å². The molecule has 0 bridgehead atoms. The van der Waals surface area contributed by atoms with Crippen LogP contribution in [0.4, 0.5) is 0 Å². The Hall–Kier alpha value is -0.120. The second-order valence-electron chi connectivity index (χ2n) is 4.94. The summed E-state index contributed by atoms with van der Waals surface area (Å²) in [4.78, 5) is 5.08. The number of hydrogen-bond donors (Lipinski definition) is 1. The van der Waals surface area contributed by atoms with Gasteiger partial charge in [0.15, 0.2) is 0 Å². The average molecular weight is 197 g/mol. The van der Waals surface area contributed by atoms with Gasteiger partial charge in [-0.2, -0.15) is 0 Å². The van der Waals surface area contributed by atoms with Gasteiger partial charge in [0.05, 0.1) is 0 Å². The fourth-order valence-corrected chi connectivity index (χ4v) is 2.69. The predicted octanol–water partition coefficient (Wildman–Crippen LogP) is 0.361. The van der Waals surface area contributed by atoms with Gasteiger partial charge in [-0.05, 0) is 51.9 Å². The van der Waals surface area contributed by atoms with Gasteiger partial charge in [-0.25, -0.2) is 0 Å². The molecular weight excluding hydrogens is 174 g/mol. The second kappa shape index (κ2) is 4.60. The normalized spacial score (nSPS) is 32.6. The molecule has 2 aliphatic heterocycles. The van der Waals surface area contributed by atoms with Gasteiger partial charge < -0.3 is 10.6 Å². The number of hydrogen-bond acceptors (Lipinski definition) is 3. The number of rotatable bonds is 2. The molecule has 0 saturated carbocycles. The zero-order valence-corrected chi connectivity index (χ0v) is 9.28. The van der Waals surface area contributed by atoms with E-state index in [9.17, 15) is 0 Å². The van der Waals surface area contributed by atoms with Crippen molar-refractivity contribution in [2.24, 2.45) is 11.7 Å². The highest BCUT2D eigenvalue weighted by molar-refractivity contribution is 4.87. The van der Waals surface area contributed by atoms with Crippen LogP contribution in [0.3, 0.4) is 0 Å². The van der Waals surface area contributed by atoms with Crippen molar-refractivity contribution in [1.29, 1.82) is 0 Å². The lowest BCUT2D eigenvalue weighted by Crippen LogP contribution is -2.57. The molecule has 2 heterocycles. The summed E-state index contributed by atoms with van der Waals surface area (Å²) < 4.78 is 0. The number of likely N-dealkylation sites (N-methyl/N-ethyl adjacent to an activating group) is 1. The molecular formula is C11H23N3. The largest absolute Gasteiger partial charge is 0.330 e. The van der Waals surface area contributed by atoms with Gasteiger partial charge in [-0.15, -0.1) is 0 Å². The van der Waals surface area contributed by atoms with Gasteiger partial charge in [0, 0.05) is 19.1 Å². The molecule has 3 heteroatoms. The maximum absolute atomic E-state index is 5.74. The molecule has 1 unspecified atom stereocenters. The summed E-state index contributed by atoms with van der Waals surface area (Å²) in [7, 11) is 2.21. The third-order valence-corrected chi connectivity index (χ3v) is 3.78. The van der Waals surface area contributed by atoms with Crippen molar-refractivity contribution in [3.05, 3.63) is 0 Å². The summed E-state index contributed by atoms with van der Waals surface area (Å²) in [6.07, 6.45) is 4.01. The Morgan fingerprint density at radius 3 is 2.64 bits per heavy atom. The number of nitrogens with zero attached hydrogens (tertiary/aromatic N) is 2. The van der Waals surface area contributed by atoms with E-state index in [4.69, 9.17) is 5.73 Å². The molecule has 82 valence electrons. The van der Waals surface area contributed by atoms with Crippen LogP contribution in [-0.4, -0.2) is 55.6 Å². The Morgan fingerprint density at radius 1 is 1.21 bits per heavy atom. The molecule has 2 aliphatic rings. The van der Waals surface area contributed by atoms with Gasteiger partial charge in [0.2, 0.25) is 0 Å². The molecule has 0 radical (unpaired) electrons. The summed E-state index contributed by atoms with van der Waals surface area (Å²) in [6.45, 7) is 6.01. The fraction of sp³-hybridized carbons (Fsp3) is 1.00. The highest BCUT2D eigenvalue weighted by atomic mass is 15.3. The molecule has 0 aromatic carbocycles. The van der Waals surface area contributed by atoms with Crippen LogP contribution in [-0.2, 0) is 0 Å². The van der Waals surface area contributed by atoms with Crippen molar-refractivity contribution in [2.45, 2.75) is 25.3 Å². The summed E-state index contributed by atoms with van der Waals surface area (Å²) >= 11 is 0. The van der Waals surface area contributed by atoms with Gasteiger partial charge >= 0.3 is 0 Å². The predicted molar refractivity (Wildman–Crippen MR) is 59.3 cm³/mol. The summed E-state index contributed by atoms with van der Waals surface area (Å²) in [5.41, 5.74) is 5.74. The molecule has 2 N–H and O–H groups in total. The second-order valence-corrected chi connectivity index (χ2v) is 4.94. The minimum atomic E-state index is 0.790. The van der Waals surface area contributed by atoms with Crippen molar-refractivity contribution < 1.29 is 0 Å². The average Bonchev–Trinajstić information content (AvgIpc) is 2.37. The molecule has 2 saturated heterocycles. The van der Waals surface area contributed by atoms with Crippen LogP contribution in [0.25, 0.3) is 0 Å². The molecule has 2 fully saturated rings. The summed E-state index contributed by atoms with van der Waals surface area (Å²) in [6, 6.07) is 0.844. The van der Waals surface area contributed by atoms with Crippen molar-refractivity contribution in [3.63, 3.8) is 0 Å². The van der Waals surface area contributed by atoms with Crippen LogP contribution in [0, 0.1) is 5.92 Å². The zero-order chi connectivity index (χ0) is 9.97. The first kappa shape index (κ1) is 10.4. The molecule has 3 nitrogen and oxygen atoms in total. The lowest BCUT2D eigenvalue weighted by molar-refractivity contribution is 0.0542. The standard InChI is InChI=1S/C11H23N3/c1-13-8-11(9-13)14-5-2-3-10(7-12)4-6-14/h10-11H,2-9,12H2,1H3. The molecule has 0 aromatic heterocycles. The highest BCUT2D eigenvalue weighted by Gasteiger charge is 2.30. The fourth-order valence-electron chi connectivity index (χ4n) is 2.69. The van der Waals surface area contributed by atoms with E-state index in [1.54, 1.807) is 0 Å². The third kappa shape index (κ3) is 2.27. The molecule has 14 heavy (non-hydrogen) atoms. The van der Waals surface area contributed by atoms with Crippen LogP contribution in [0.5, 0.6) is 0 Å². The Bertz CT molecular complexity index is 177. The van der Waals surface area contributed by atoms with Gasteiger partial charge in [0.1, 0.15) is 0 Å². The Labute approximate surface area is 87.2 Å². The van der Waals surface area contributed by atoms with E-state index in [0.29, 0.717) is 0 Å². The third-order valence-electron chi connectivity index (χ3n) is 3.78. The number of likely N-dealkylation sites (tertiary alicyclic amines) is 2. The highest BCUT2D eigenvalue weighted by Crippen LogP contribution is 2.21. The van der Waals surface area contributed by atoms with E-state index in [1.807, 2.05) is 0 Å². The summed E-state index contributed by atoms with van der Waals surface area (Å²) in [5, 5.41) is 0. The van der Waals surface area contributed by atoms with Crippen LogP contribution < -0.4 is 5.73 Å². The monoisotopic (exact) mass is 197 g/mol. The molecule has 0 aromatic rings. The van der Waals surface area contributed by atoms with E-state index in [2.05, 4.69) is 16.8 Å². The Morgan fingerprint density at radius 2 is 2.00 bits per heavy atom. The lowest BCUT2D eigenvalue weighted by Gasteiger charge is -2.43. The molecule has 0 spiro atoms. The van der Waals surface area contributed by atoms with E-state index in [-0.39, 0.29) is 0 Å². The number of nitrogens with two attached hydrogens (primary N) is 1. The van der Waals surface area contributed by atoms with Gasteiger partial charge in [0.25, 0.3) is 0 Å². The first-order chi connectivity index (χ1) is 6.79. The topological polar surface area (TPSA) is 32.5 Å². The Balaban J connectivity index is 1.78. The minimum absolute atomic E-state index is 0.790. The maximum atomic E-state index is 5.74. The van der Waals surface area contributed by atoms with Gasteiger partial charge in [-0.3, -0.25) is 4.90 Å². The van der Waals surface area contributed by atoms with E-state index in [1.165, 1.54) is 45.4 Å². The van der Waals surface area contributed by atoms with Crippen molar-refractivity contribution in [3.8, 4) is 0 Å². The smallest absolute Gasteiger partial charge is 0.0350 e. The zero-order valence-electron chi connectivity index (χ0n) is 9.28. The molecule has 2 rings (SSSR count). The maximum Gasteiger partial charge on any atom is 0.0350 e. The van der Waals surface area contributed by atoms with Crippen LogP contribution in [0.1, 0.15) is 19.3 Å². The van der Waals surface area contributed by atoms with Crippen molar-refractivity contribution in [1.82, 2.24) is 9.80 Å². The van der Waals surface area contributed by atoms with E-state index in [0.717, 1.165) is 18.5 Å². The summed E-state index contributed by atoms with van der Waals surface area (Å²) in [5.74, 6) is 0.790.